The van der Waals surface area contributed by atoms with E-state index in [9.17, 15) is 0 Å². The van der Waals surface area contributed by atoms with Gasteiger partial charge in [-0.15, -0.1) is 10.2 Å². The Morgan fingerprint density at radius 1 is 1.11 bits per heavy atom. The van der Waals surface area contributed by atoms with E-state index in [1.807, 2.05) is 18.3 Å². The first-order valence-corrected chi connectivity index (χ1v) is 11.0. The Morgan fingerprint density at radius 3 is 2.57 bits per heavy atom. The number of ether oxygens (including phenoxy) is 1. The zero-order valence-corrected chi connectivity index (χ0v) is 17.3. The first-order valence-electron chi connectivity index (χ1n) is 10.0. The van der Waals surface area contributed by atoms with Crippen molar-refractivity contribution in [1.29, 1.82) is 0 Å². The molecule has 0 radical (unpaired) electrons. The van der Waals surface area contributed by atoms with Crippen LogP contribution in [0.4, 0.5) is 0 Å². The van der Waals surface area contributed by atoms with E-state index in [1.165, 1.54) is 16.8 Å². The third-order valence-electron chi connectivity index (χ3n) is 5.16. The second kappa shape index (κ2) is 8.88. The number of nitrogens with zero attached hydrogens (tertiary/aromatic N) is 4. The largest absolute Gasteiger partial charge is 0.377 e. The maximum Gasteiger partial charge on any atom is 0.196 e. The van der Waals surface area contributed by atoms with Gasteiger partial charge in [-0.2, -0.15) is 0 Å². The van der Waals surface area contributed by atoms with Crippen LogP contribution >= 0.6 is 11.8 Å². The molecule has 1 aliphatic rings. The van der Waals surface area contributed by atoms with Gasteiger partial charge in [0.1, 0.15) is 0 Å². The first-order chi connectivity index (χ1) is 13.8. The van der Waals surface area contributed by atoms with E-state index in [-0.39, 0.29) is 0 Å². The summed E-state index contributed by atoms with van der Waals surface area (Å²) in [6, 6.07) is 10.5. The van der Waals surface area contributed by atoms with E-state index in [1.54, 1.807) is 18.0 Å². The number of para-hydroxylation sites is 1. The van der Waals surface area contributed by atoms with E-state index in [0.717, 1.165) is 54.6 Å². The Bertz CT molecular complexity index is 897. The van der Waals surface area contributed by atoms with Crippen LogP contribution in [0.25, 0.3) is 17.1 Å². The summed E-state index contributed by atoms with van der Waals surface area (Å²) in [7, 11) is 0. The van der Waals surface area contributed by atoms with Crippen LogP contribution in [0.2, 0.25) is 0 Å². The summed E-state index contributed by atoms with van der Waals surface area (Å²) in [5.74, 6) is 1.75. The molecule has 1 aliphatic heterocycles. The van der Waals surface area contributed by atoms with Crippen LogP contribution in [0, 0.1) is 0 Å². The smallest absolute Gasteiger partial charge is 0.196 e. The molecular weight excluding hydrogens is 368 g/mol. The Morgan fingerprint density at radius 2 is 1.93 bits per heavy atom. The van der Waals surface area contributed by atoms with Crippen LogP contribution in [0.5, 0.6) is 0 Å². The highest BCUT2D eigenvalue weighted by Gasteiger charge is 2.22. The van der Waals surface area contributed by atoms with Gasteiger partial charge in [0, 0.05) is 30.3 Å². The Kier molecular flexibility index (Phi) is 6.07. The molecule has 3 heterocycles. The molecule has 4 rings (SSSR count). The third-order valence-corrected chi connectivity index (χ3v) is 6.22. The lowest BCUT2D eigenvalue weighted by molar-refractivity contribution is 0.129. The standard InChI is InChI=1S/C22H26N4OS/c1-3-16-8-5-9-17(4-2)20(16)26-21(18-10-6-12-23-14-18)24-25-22(26)28-15-19-11-7-13-27-19/h5-6,8-10,12,14,19H,3-4,7,11,13,15H2,1-2H3. The van der Waals surface area contributed by atoms with Gasteiger partial charge in [-0.25, -0.2) is 0 Å². The summed E-state index contributed by atoms with van der Waals surface area (Å²) >= 11 is 1.74. The molecule has 2 aromatic heterocycles. The molecule has 5 nitrogen and oxygen atoms in total. The molecule has 146 valence electrons. The minimum atomic E-state index is 0.309. The van der Waals surface area contributed by atoms with Crippen molar-refractivity contribution >= 4 is 11.8 Å². The Hall–Kier alpha value is -2.18. The van der Waals surface area contributed by atoms with Crippen molar-refractivity contribution in [2.45, 2.75) is 50.8 Å². The van der Waals surface area contributed by atoms with Gasteiger partial charge in [0.05, 0.1) is 11.8 Å². The van der Waals surface area contributed by atoms with E-state index in [0.29, 0.717) is 6.10 Å². The molecule has 1 atom stereocenters. The quantitative estimate of drug-likeness (QED) is 0.543. The average Bonchev–Trinajstić information content (AvgIpc) is 3.41. The molecule has 1 fully saturated rings. The van der Waals surface area contributed by atoms with Crippen molar-refractivity contribution in [3.63, 3.8) is 0 Å². The predicted molar refractivity (Wildman–Crippen MR) is 113 cm³/mol. The molecule has 0 amide bonds. The molecule has 1 saturated heterocycles. The van der Waals surface area contributed by atoms with Crippen LogP contribution in [-0.2, 0) is 17.6 Å². The molecule has 0 N–H and O–H groups in total. The van der Waals surface area contributed by atoms with Gasteiger partial charge in [-0.1, -0.05) is 43.8 Å². The maximum absolute atomic E-state index is 5.81. The molecule has 6 heteroatoms. The highest BCUT2D eigenvalue weighted by Crippen LogP contribution is 2.33. The van der Waals surface area contributed by atoms with Crippen molar-refractivity contribution in [2.75, 3.05) is 12.4 Å². The third kappa shape index (κ3) is 3.84. The highest BCUT2D eigenvalue weighted by molar-refractivity contribution is 7.99. The molecule has 0 spiro atoms. The van der Waals surface area contributed by atoms with Crippen LogP contribution in [0.1, 0.15) is 37.8 Å². The van der Waals surface area contributed by atoms with E-state index < -0.39 is 0 Å². The topological polar surface area (TPSA) is 52.8 Å². The van der Waals surface area contributed by atoms with Crippen LogP contribution in [-0.4, -0.2) is 38.2 Å². The fraction of sp³-hybridized carbons (Fsp3) is 0.409. The molecular formula is C22H26N4OS. The average molecular weight is 395 g/mol. The summed E-state index contributed by atoms with van der Waals surface area (Å²) in [4.78, 5) is 4.29. The minimum absolute atomic E-state index is 0.309. The van der Waals surface area contributed by atoms with Crippen LogP contribution in [0.15, 0.2) is 47.9 Å². The second-order valence-corrected chi connectivity index (χ2v) is 7.95. The van der Waals surface area contributed by atoms with Gasteiger partial charge in [0.15, 0.2) is 11.0 Å². The van der Waals surface area contributed by atoms with Gasteiger partial charge in [-0.3, -0.25) is 9.55 Å². The summed E-state index contributed by atoms with van der Waals surface area (Å²) in [6.07, 6.45) is 8.15. The second-order valence-electron chi connectivity index (χ2n) is 6.96. The highest BCUT2D eigenvalue weighted by atomic mass is 32.2. The van der Waals surface area contributed by atoms with Gasteiger partial charge in [0.2, 0.25) is 0 Å². The number of pyridine rings is 1. The van der Waals surface area contributed by atoms with Gasteiger partial charge in [-0.05, 0) is 48.9 Å². The number of hydrogen-bond acceptors (Lipinski definition) is 5. The monoisotopic (exact) mass is 394 g/mol. The van der Waals surface area contributed by atoms with Crippen molar-refractivity contribution in [3.8, 4) is 17.1 Å². The minimum Gasteiger partial charge on any atom is -0.377 e. The molecule has 0 bridgehead atoms. The Labute approximate surface area is 170 Å². The normalized spacial score (nSPS) is 16.6. The molecule has 3 aromatic rings. The van der Waals surface area contributed by atoms with Gasteiger partial charge >= 0.3 is 0 Å². The molecule has 28 heavy (non-hydrogen) atoms. The zero-order chi connectivity index (χ0) is 19.3. The predicted octanol–water partition coefficient (Wildman–Crippen LogP) is 4.73. The summed E-state index contributed by atoms with van der Waals surface area (Å²) < 4.78 is 8.04. The number of rotatable bonds is 7. The summed E-state index contributed by atoms with van der Waals surface area (Å²) in [5.41, 5.74) is 4.81. The summed E-state index contributed by atoms with van der Waals surface area (Å²) in [6.45, 7) is 5.27. The van der Waals surface area contributed by atoms with E-state index in [4.69, 9.17) is 4.74 Å². The maximum atomic E-state index is 5.81. The fourth-order valence-electron chi connectivity index (χ4n) is 3.69. The molecule has 0 saturated carbocycles. The lowest BCUT2D eigenvalue weighted by atomic mass is 10.0. The van der Waals surface area contributed by atoms with Crippen molar-refractivity contribution in [2.24, 2.45) is 0 Å². The van der Waals surface area contributed by atoms with E-state index in [2.05, 4.69) is 51.8 Å². The molecule has 0 aliphatic carbocycles. The summed E-state index contributed by atoms with van der Waals surface area (Å²) in [5, 5.41) is 10.1. The van der Waals surface area contributed by atoms with Crippen LogP contribution < -0.4 is 0 Å². The lowest BCUT2D eigenvalue weighted by Crippen LogP contribution is -2.11. The number of aryl methyl sites for hydroxylation is 2. The van der Waals surface area contributed by atoms with Gasteiger partial charge in [0.25, 0.3) is 0 Å². The van der Waals surface area contributed by atoms with E-state index >= 15 is 0 Å². The fourth-order valence-corrected chi connectivity index (χ4v) is 4.70. The molecule has 1 unspecified atom stereocenters. The van der Waals surface area contributed by atoms with Crippen molar-refractivity contribution in [1.82, 2.24) is 19.7 Å². The van der Waals surface area contributed by atoms with Crippen molar-refractivity contribution < 1.29 is 4.74 Å². The van der Waals surface area contributed by atoms with Gasteiger partial charge < -0.3 is 4.74 Å². The first kappa shape index (κ1) is 19.2. The number of benzene rings is 1. The molecule has 1 aromatic carbocycles. The number of thioether (sulfide) groups is 1. The van der Waals surface area contributed by atoms with Crippen molar-refractivity contribution in [3.05, 3.63) is 53.9 Å². The zero-order valence-electron chi connectivity index (χ0n) is 16.5. The lowest BCUT2D eigenvalue weighted by Gasteiger charge is -2.18. The Balaban J connectivity index is 1.82. The number of hydrogen-bond donors (Lipinski definition) is 0. The number of aromatic nitrogens is 4. The van der Waals surface area contributed by atoms with Crippen LogP contribution in [0.3, 0.4) is 0 Å². The SMILES string of the molecule is CCc1cccc(CC)c1-n1c(SCC2CCCO2)nnc1-c1cccnc1.